The molecule has 0 radical (unpaired) electrons. The number of fused-ring (bicyclic) bond motifs is 4. The van der Waals surface area contributed by atoms with Crippen molar-refractivity contribution < 1.29 is 17.9 Å². The van der Waals surface area contributed by atoms with Gasteiger partial charge in [-0.2, -0.15) is 0 Å². The van der Waals surface area contributed by atoms with E-state index in [1.54, 1.807) is 10.4 Å². The minimum atomic E-state index is -4.05. The van der Waals surface area contributed by atoms with E-state index in [-0.39, 0.29) is 3.63 Å². The van der Waals surface area contributed by atoms with Gasteiger partial charge in [0.2, 0.25) is 0 Å². The molecule has 46 heavy (non-hydrogen) atoms. The molecule has 0 bridgehead atoms. The maximum atomic E-state index is 8.04. The van der Waals surface area contributed by atoms with Crippen LogP contribution in [0.3, 0.4) is 0 Å². The number of rotatable bonds is 9. The van der Waals surface area contributed by atoms with Gasteiger partial charge in [0, 0.05) is 0 Å². The molecule has 2 aliphatic rings. The molecule has 240 valence electrons. The molecule has 1 heterocycles. The van der Waals surface area contributed by atoms with E-state index in [4.69, 9.17) is 17.0 Å². The molecule has 1 aliphatic heterocycles. The van der Waals surface area contributed by atoms with Crippen LogP contribution in [0.5, 0.6) is 0 Å². The zero-order valence-corrected chi connectivity index (χ0v) is 36.6. The average Bonchev–Trinajstić information content (AvgIpc) is 3.54. The normalized spacial score (nSPS) is 16.5. The number of hydrogen-bond acceptors (Lipinski definition) is 0. The van der Waals surface area contributed by atoms with Gasteiger partial charge in [0.05, 0.1) is 0 Å². The van der Waals surface area contributed by atoms with Crippen LogP contribution in [-0.4, -0.2) is 25.7 Å². The Balaban J connectivity index is 1.58. The van der Waals surface area contributed by atoms with Crippen LogP contribution in [0.15, 0.2) is 78.4 Å². The summed E-state index contributed by atoms with van der Waals surface area (Å²) in [4.78, 5) is 0. The predicted molar refractivity (Wildman–Crippen MR) is 213 cm³/mol. The van der Waals surface area contributed by atoms with Crippen LogP contribution in [0, 0.1) is 5.92 Å². The first kappa shape index (κ1) is 34.6. The molecule has 6 rings (SSSR count). The predicted octanol–water partition coefficient (Wildman–Crippen LogP) is 8.77. The number of halogens is 2. The molecule has 1 atom stereocenters. The summed E-state index contributed by atoms with van der Waals surface area (Å²) in [6.07, 6.45) is 5.78. The molecule has 1 aliphatic carbocycles. The molecule has 0 N–H and O–H groups in total. The van der Waals surface area contributed by atoms with E-state index < -0.39 is 43.5 Å². The molecule has 4 aromatic rings. The fourth-order valence-corrected chi connectivity index (χ4v) is 27.0. The Hall–Kier alpha value is -1.27. The van der Waals surface area contributed by atoms with Crippen LogP contribution in [0.4, 0.5) is 0 Å². The number of hydrogen-bond donors (Lipinski definition) is 0. The van der Waals surface area contributed by atoms with Gasteiger partial charge < -0.3 is 0 Å². The topological polar surface area (TPSA) is 0 Å². The van der Waals surface area contributed by atoms with Gasteiger partial charge in [0.15, 0.2) is 0 Å². The SMILES string of the molecule is CCCc1ccc2c(c1-c1cc([Si](C)(C)C)cc([Si](C)(C)C)c1)C=C(CC(C)C)[CH]2[Zr]([Cl])([Cl])[c]1cccc2c1[SiH2]c1ccccc1-2. The third-order valence-electron chi connectivity index (χ3n) is 10.1. The summed E-state index contributed by atoms with van der Waals surface area (Å²) in [7, 11) is 12.3. The average molecular weight is 777 g/mol. The van der Waals surface area contributed by atoms with E-state index >= 15 is 0 Å². The first-order valence-corrected chi connectivity index (χ1v) is 34.6. The third kappa shape index (κ3) is 6.41. The Kier molecular flexibility index (Phi) is 9.69. The molecular weight excluding hydrogens is 727 g/mol. The first-order valence-electron chi connectivity index (χ1n) is 17.2. The summed E-state index contributed by atoms with van der Waals surface area (Å²) in [5, 5.41) is 6.16. The Morgan fingerprint density at radius 3 is 2.09 bits per heavy atom. The van der Waals surface area contributed by atoms with E-state index in [0.29, 0.717) is 5.92 Å². The van der Waals surface area contributed by atoms with Crippen LogP contribution >= 0.6 is 17.0 Å². The summed E-state index contributed by atoms with van der Waals surface area (Å²) in [6, 6.07) is 28.3. The second-order valence-corrected chi connectivity index (χ2v) is 42.2. The Morgan fingerprint density at radius 1 is 0.804 bits per heavy atom. The molecule has 0 nitrogen and oxygen atoms in total. The van der Waals surface area contributed by atoms with E-state index in [1.165, 1.54) is 58.2 Å². The molecule has 0 aromatic heterocycles. The molecule has 0 spiro atoms. The summed E-state index contributed by atoms with van der Waals surface area (Å²) in [5.74, 6) is 0.533. The second kappa shape index (κ2) is 12.9. The van der Waals surface area contributed by atoms with E-state index in [9.17, 15) is 0 Å². The van der Waals surface area contributed by atoms with Crippen molar-refractivity contribution in [2.75, 3.05) is 0 Å². The van der Waals surface area contributed by atoms with Gasteiger partial charge in [-0.25, -0.2) is 0 Å². The Labute approximate surface area is 294 Å². The van der Waals surface area contributed by atoms with Gasteiger partial charge in [-0.3, -0.25) is 0 Å². The van der Waals surface area contributed by atoms with Crippen LogP contribution in [-0.2, 0) is 24.3 Å². The van der Waals surface area contributed by atoms with Crippen LogP contribution in [0.25, 0.3) is 28.3 Å². The molecule has 4 aromatic carbocycles. The second-order valence-electron chi connectivity index (χ2n) is 16.2. The third-order valence-corrected chi connectivity index (χ3v) is 28.5. The summed E-state index contributed by atoms with van der Waals surface area (Å²) >= 11 is -4.05. The molecule has 0 saturated heterocycles. The zero-order valence-electron chi connectivity index (χ0n) is 29.2. The van der Waals surface area contributed by atoms with Crippen LogP contribution < -0.4 is 24.0 Å². The fraction of sp³-hybridized carbons (Fsp3) is 0.350. The molecule has 0 amide bonds. The summed E-state index contributed by atoms with van der Waals surface area (Å²) in [5.41, 5.74) is 11.3. The number of benzene rings is 4. The zero-order chi connectivity index (χ0) is 33.2. The molecule has 0 saturated carbocycles. The van der Waals surface area contributed by atoms with Gasteiger partial charge in [-0.15, -0.1) is 0 Å². The van der Waals surface area contributed by atoms with Gasteiger partial charge in [0.1, 0.15) is 0 Å². The van der Waals surface area contributed by atoms with Gasteiger partial charge in [-0.05, 0) is 0 Å². The number of aryl methyl sites for hydroxylation is 1. The van der Waals surface area contributed by atoms with E-state index in [0.717, 1.165) is 19.3 Å². The van der Waals surface area contributed by atoms with Gasteiger partial charge in [0.25, 0.3) is 0 Å². The maximum absolute atomic E-state index is 8.04. The van der Waals surface area contributed by atoms with E-state index in [1.807, 2.05) is 0 Å². The van der Waals surface area contributed by atoms with Crippen LogP contribution in [0.1, 0.15) is 53.9 Å². The van der Waals surface area contributed by atoms with Crippen LogP contribution in [0.2, 0.25) is 39.3 Å². The van der Waals surface area contributed by atoms with Crippen molar-refractivity contribution in [1.82, 2.24) is 0 Å². The molecule has 6 heteroatoms. The van der Waals surface area contributed by atoms with Crippen molar-refractivity contribution in [3.05, 3.63) is 95.1 Å². The molecule has 0 fully saturated rings. The van der Waals surface area contributed by atoms with Crippen molar-refractivity contribution >= 4 is 72.8 Å². The van der Waals surface area contributed by atoms with Crippen molar-refractivity contribution in [2.45, 2.75) is 82.9 Å². The molecule has 1 unspecified atom stereocenters. The molecular formula is C40H50Cl2Si3Zr. The van der Waals surface area contributed by atoms with Gasteiger partial charge in [-0.1, -0.05) is 0 Å². The van der Waals surface area contributed by atoms with Crippen molar-refractivity contribution in [2.24, 2.45) is 5.92 Å². The van der Waals surface area contributed by atoms with Crippen molar-refractivity contribution in [3.63, 3.8) is 0 Å². The summed E-state index contributed by atoms with van der Waals surface area (Å²) in [6.45, 7) is 21.9. The summed E-state index contributed by atoms with van der Waals surface area (Å²) < 4.78 is 1.44. The quantitative estimate of drug-likeness (QED) is 0.132. The van der Waals surface area contributed by atoms with Crippen molar-refractivity contribution in [1.29, 1.82) is 0 Å². The minimum absolute atomic E-state index is 0.116. The first-order chi connectivity index (χ1) is 21.6. The standard InChI is InChI=1S/C28H41Si2.C12H9Si.2ClH.Zr/c1-10-11-22-12-13-23-15-21(14-20(2)3)16-27(23)28(22)24-17-25(29(4,5)6)19-26(18-24)30(7,8)9;1-3-7-11-9(5-1)10-6-2-4-8-12(10)13-11;;;/h12-13,15-20H,10-11,14H2,1-9H3;1-7H,13H2;2*1H;/q;;;;+2/p-2. The monoisotopic (exact) mass is 774 g/mol. The Bertz CT molecular complexity index is 1810. The fourth-order valence-electron chi connectivity index (χ4n) is 7.71. The number of allylic oxidation sites excluding steroid dienone is 1. The Morgan fingerprint density at radius 2 is 1.46 bits per heavy atom. The van der Waals surface area contributed by atoms with Gasteiger partial charge >= 0.3 is 297 Å². The van der Waals surface area contributed by atoms with E-state index in [2.05, 4.69) is 139 Å². The van der Waals surface area contributed by atoms with Crippen molar-refractivity contribution in [3.8, 4) is 22.3 Å².